The van der Waals surface area contributed by atoms with E-state index in [-0.39, 0.29) is 6.04 Å². The number of carbonyl (C=O) groups excluding carboxylic acids is 1. The molecule has 3 rings (SSSR count). The summed E-state index contributed by atoms with van der Waals surface area (Å²) in [7, 11) is 0. The first kappa shape index (κ1) is 13.8. The van der Waals surface area contributed by atoms with E-state index in [0.717, 1.165) is 24.3 Å². The topological polar surface area (TPSA) is 37.6 Å². The zero-order valence-electron chi connectivity index (χ0n) is 12.1. The number of carbonyl (C=O) groups is 1. The van der Waals surface area contributed by atoms with E-state index in [2.05, 4.69) is 35.2 Å². The number of fused-ring (bicyclic) bond motifs is 1. The number of rotatable bonds is 5. The Morgan fingerprint density at radius 3 is 2.86 bits per heavy atom. The molecule has 108 valence electrons. The minimum atomic E-state index is 0.260. The van der Waals surface area contributed by atoms with E-state index in [1.165, 1.54) is 4.88 Å². The summed E-state index contributed by atoms with van der Waals surface area (Å²) in [5.74, 6) is 0.750. The molecule has 0 bridgehead atoms. The fourth-order valence-electron chi connectivity index (χ4n) is 2.40. The maximum atomic E-state index is 11.5. The number of aldehydes is 1. The molecule has 3 aromatic rings. The standard InChI is InChI=1S/C16H17N3OS/c1-12(2)19(10-13-6-5-9-21-13)16-14(11-20)18-8-4-3-7-15(18)17-16/h3-9,11-12H,10H2,1-2H3. The summed E-state index contributed by atoms with van der Waals surface area (Å²) in [5.41, 5.74) is 1.40. The lowest BCUT2D eigenvalue weighted by Gasteiger charge is -2.26. The number of nitrogens with zero attached hydrogens (tertiary/aromatic N) is 3. The maximum absolute atomic E-state index is 11.5. The van der Waals surface area contributed by atoms with E-state index in [1.54, 1.807) is 11.3 Å². The van der Waals surface area contributed by atoms with E-state index in [0.29, 0.717) is 5.69 Å². The van der Waals surface area contributed by atoms with Gasteiger partial charge in [-0.1, -0.05) is 12.1 Å². The van der Waals surface area contributed by atoms with Crippen LogP contribution < -0.4 is 4.90 Å². The third-order valence-electron chi connectivity index (χ3n) is 3.46. The van der Waals surface area contributed by atoms with Gasteiger partial charge in [0.2, 0.25) is 0 Å². The van der Waals surface area contributed by atoms with Crippen LogP contribution in [-0.2, 0) is 6.54 Å². The van der Waals surface area contributed by atoms with Gasteiger partial charge in [-0.05, 0) is 37.4 Å². The van der Waals surface area contributed by atoms with Crippen molar-refractivity contribution in [3.05, 3.63) is 52.5 Å². The smallest absolute Gasteiger partial charge is 0.170 e. The number of hydrogen-bond acceptors (Lipinski definition) is 4. The SMILES string of the molecule is CC(C)N(Cc1cccs1)c1nc2ccccn2c1C=O. The van der Waals surface area contributed by atoms with Gasteiger partial charge in [-0.15, -0.1) is 11.3 Å². The molecule has 0 saturated carbocycles. The molecule has 0 N–H and O–H groups in total. The summed E-state index contributed by atoms with van der Waals surface area (Å²) in [6, 6.07) is 10.2. The zero-order chi connectivity index (χ0) is 14.8. The maximum Gasteiger partial charge on any atom is 0.170 e. The lowest BCUT2D eigenvalue weighted by atomic mass is 10.2. The molecule has 3 heterocycles. The van der Waals surface area contributed by atoms with Gasteiger partial charge in [-0.2, -0.15) is 0 Å². The van der Waals surface area contributed by atoms with Crippen molar-refractivity contribution >= 4 is 29.1 Å². The number of aromatic nitrogens is 2. The minimum absolute atomic E-state index is 0.260. The number of imidazole rings is 1. The number of hydrogen-bond donors (Lipinski definition) is 0. The van der Waals surface area contributed by atoms with Crippen molar-refractivity contribution in [3.8, 4) is 0 Å². The Morgan fingerprint density at radius 2 is 2.19 bits per heavy atom. The second-order valence-electron chi connectivity index (χ2n) is 5.17. The van der Waals surface area contributed by atoms with Gasteiger partial charge in [0.15, 0.2) is 12.1 Å². The molecule has 5 heteroatoms. The normalized spacial score (nSPS) is 11.2. The van der Waals surface area contributed by atoms with E-state index >= 15 is 0 Å². The third kappa shape index (κ3) is 2.56. The van der Waals surface area contributed by atoms with Crippen molar-refractivity contribution in [2.75, 3.05) is 4.90 Å². The Bertz CT molecular complexity index is 746. The second kappa shape index (κ2) is 5.69. The molecule has 0 aliphatic carbocycles. The Labute approximate surface area is 127 Å². The van der Waals surface area contributed by atoms with E-state index in [4.69, 9.17) is 0 Å². The molecule has 0 saturated heterocycles. The fourth-order valence-corrected chi connectivity index (χ4v) is 3.10. The van der Waals surface area contributed by atoms with Gasteiger partial charge in [0.05, 0.1) is 6.54 Å². The first-order chi connectivity index (χ1) is 10.2. The predicted octanol–water partition coefficient (Wildman–Crippen LogP) is 3.62. The largest absolute Gasteiger partial charge is 0.347 e. The summed E-state index contributed by atoms with van der Waals surface area (Å²) < 4.78 is 1.84. The van der Waals surface area contributed by atoms with Crippen LogP contribution in [0.1, 0.15) is 29.2 Å². The van der Waals surface area contributed by atoms with Crippen LogP contribution in [0.15, 0.2) is 41.9 Å². The second-order valence-corrected chi connectivity index (χ2v) is 6.20. The highest BCUT2D eigenvalue weighted by Gasteiger charge is 2.20. The summed E-state index contributed by atoms with van der Waals surface area (Å²) in [5, 5.41) is 2.07. The van der Waals surface area contributed by atoms with Crippen LogP contribution in [0.4, 0.5) is 5.82 Å². The Kier molecular flexibility index (Phi) is 3.75. The molecule has 0 unspecified atom stereocenters. The number of thiophene rings is 1. The summed E-state index contributed by atoms with van der Waals surface area (Å²) in [6.07, 6.45) is 2.76. The lowest BCUT2D eigenvalue weighted by molar-refractivity contribution is 0.111. The van der Waals surface area contributed by atoms with Crippen molar-refractivity contribution in [1.82, 2.24) is 9.38 Å². The van der Waals surface area contributed by atoms with Crippen LogP contribution in [0, 0.1) is 0 Å². The molecule has 3 aromatic heterocycles. The summed E-state index contributed by atoms with van der Waals surface area (Å²) in [4.78, 5) is 19.6. The molecule has 0 fully saturated rings. The first-order valence-electron chi connectivity index (χ1n) is 6.92. The van der Waals surface area contributed by atoms with Gasteiger partial charge >= 0.3 is 0 Å². The first-order valence-corrected chi connectivity index (χ1v) is 7.80. The van der Waals surface area contributed by atoms with Gasteiger partial charge in [0.1, 0.15) is 11.3 Å². The van der Waals surface area contributed by atoms with Crippen LogP contribution in [-0.4, -0.2) is 21.7 Å². The van der Waals surface area contributed by atoms with Crippen molar-refractivity contribution in [2.45, 2.75) is 26.4 Å². The van der Waals surface area contributed by atoms with Gasteiger partial charge in [-0.3, -0.25) is 9.20 Å². The van der Waals surface area contributed by atoms with E-state index in [9.17, 15) is 4.79 Å². The molecule has 0 aliphatic rings. The van der Waals surface area contributed by atoms with Crippen LogP contribution in [0.2, 0.25) is 0 Å². The molecular weight excluding hydrogens is 282 g/mol. The van der Waals surface area contributed by atoms with Crippen LogP contribution in [0.3, 0.4) is 0 Å². The van der Waals surface area contributed by atoms with Crippen molar-refractivity contribution in [3.63, 3.8) is 0 Å². The summed E-state index contributed by atoms with van der Waals surface area (Å²) in [6.45, 7) is 5.00. The predicted molar refractivity (Wildman–Crippen MR) is 86.2 cm³/mol. The van der Waals surface area contributed by atoms with Gasteiger partial charge in [-0.25, -0.2) is 4.98 Å². The number of pyridine rings is 1. The Morgan fingerprint density at radius 1 is 1.33 bits per heavy atom. The van der Waals surface area contributed by atoms with E-state index in [1.807, 2.05) is 34.9 Å². The Hall–Kier alpha value is -2.14. The highest BCUT2D eigenvalue weighted by atomic mass is 32.1. The fraction of sp³-hybridized carbons (Fsp3) is 0.250. The minimum Gasteiger partial charge on any atom is -0.347 e. The number of anilines is 1. The van der Waals surface area contributed by atoms with Gasteiger partial charge < -0.3 is 4.90 Å². The van der Waals surface area contributed by atoms with Gasteiger partial charge in [0.25, 0.3) is 0 Å². The molecule has 0 amide bonds. The highest BCUT2D eigenvalue weighted by Crippen LogP contribution is 2.25. The molecule has 21 heavy (non-hydrogen) atoms. The third-order valence-corrected chi connectivity index (χ3v) is 4.32. The zero-order valence-corrected chi connectivity index (χ0v) is 12.9. The molecule has 0 aliphatic heterocycles. The lowest BCUT2D eigenvalue weighted by Crippen LogP contribution is -2.31. The molecule has 0 radical (unpaired) electrons. The molecule has 0 spiro atoms. The van der Waals surface area contributed by atoms with Crippen LogP contribution in [0.5, 0.6) is 0 Å². The van der Waals surface area contributed by atoms with E-state index < -0.39 is 0 Å². The van der Waals surface area contributed by atoms with Crippen molar-refractivity contribution < 1.29 is 4.79 Å². The molecule has 0 atom stereocenters. The molecular formula is C16H17N3OS. The molecule has 4 nitrogen and oxygen atoms in total. The van der Waals surface area contributed by atoms with Gasteiger partial charge in [0, 0.05) is 17.1 Å². The summed E-state index contributed by atoms with van der Waals surface area (Å²) >= 11 is 1.72. The average molecular weight is 299 g/mol. The highest BCUT2D eigenvalue weighted by molar-refractivity contribution is 7.09. The van der Waals surface area contributed by atoms with Crippen LogP contribution in [0.25, 0.3) is 5.65 Å². The van der Waals surface area contributed by atoms with Crippen molar-refractivity contribution in [1.29, 1.82) is 0 Å². The monoisotopic (exact) mass is 299 g/mol. The van der Waals surface area contributed by atoms with Crippen molar-refractivity contribution in [2.24, 2.45) is 0 Å². The Balaban J connectivity index is 2.08. The average Bonchev–Trinajstić information content (AvgIpc) is 3.11. The van der Waals surface area contributed by atoms with Crippen LogP contribution >= 0.6 is 11.3 Å². The quantitative estimate of drug-likeness (QED) is 0.675. The molecule has 0 aromatic carbocycles.